The topological polar surface area (TPSA) is 24.1 Å². The smallest absolute Gasteiger partial charge is 0.0462 e. The zero-order chi connectivity index (χ0) is 9.97. The van der Waals surface area contributed by atoms with Gasteiger partial charge in [-0.2, -0.15) is 0 Å². The van der Waals surface area contributed by atoms with Crippen LogP contribution < -0.4 is 10.6 Å². The first-order valence-electron chi connectivity index (χ1n) is 4.66. The van der Waals surface area contributed by atoms with Crippen LogP contribution in [0, 0.1) is 0 Å². The number of piperazine rings is 1. The van der Waals surface area contributed by atoms with E-state index in [4.69, 9.17) is 11.6 Å². The molecule has 1 aliphatic heterocycles. The average Bonchev–Trinajstić information content (AvgIpc) is 2.23. The number of halogens is 2. The Labute approximate surface area is 97.2 Å². The lowest BCUT2D eigenvalue weighted by Crippen LogP contribution is -2.42. The van der Waals surface area contributed by atoms with Gasteiger partial charge in [0.05, 0.1) is 0 Å². The van der Waals surface area contributed by atoms with Crippen molar-refractivity contribution in [2.45, 2.75) is 6.04 Å². The maximum absolute atomic E-state index is 6.14. The van der Waals surface area contributed by atoms with Crippen molar-refractivity contribution < 1.29 is 0 Å². The van der Waals surface area contributed by atoms with Gasteiger partial charge in [-0.3, -0.25) is 0 Å². The summed E-state index contributed by atoms with van der Waals surface area (Å²) >= 11 is 9.60. The largest absolute Gasteiger partial charge is 0.314 e. The van der Waals surface area contributed by atoms with Gasteiger partial charge < -0.3 is 10.6 Å². The van der Waals surface area contributed by atoms with Crippen molar-refractivity contribution in [3.63, 3.8) is 0 Å². The van der Waals surface area contributed by atoms with Crippen LogP contribution in [0.1, 0.15) is 11.6 Å². The monoisotopic (exact) mass is 274 g/mol. The van der Waals surface area contributed by atoms with Crippen LogP contribution in [0.4, 0.5) is 0 Å². The molecule has 1 aromatic rings. The predicted octanol–water partition coefficient (Wildman–Crippen LogP) is 2.34. The van der Waals surface area contributed by atoms with Crippen molar-refractivity contribution in [3.05, 3.63) is 33.3 Å². The van der Waals surface area contributed by atoms with Crippen molar-refractivity contribution >= 4 is 27.5 Å². The molecule has 0 amide bonds. The Bertz CT molecular complexity index is 324. The van der Waals surface area contributed by atoms with E-state index in [1.54, 1.807) is 0 Å². The van der Waals surface area contributed by atoms with Crippen molar-refractivity contribution in [1.82, 2.24) is 10.6 Å². The van der Waals surface area contributed by atoms with E-state index in [0.717, 1.165) is 34.7 Å². The molecule has 76 valence electrons. The fourth-order valence-electron chi connectivity index (χ4n) is 1.65. The fraction of sp³-hybridized carbons (Fsp3) is 0.400. The molecule has 14 heavy (non-hydrogen) atoms. The van der Waals surface area contributed by atoms with Gasteiger partial charge in [-0.15, -0.1) is 0 Å². The molecule has 1 fully saturated rings. The van der Waals surface area contributed by atoms with Crippen LogP contribution in [0.2, 0.25) is 5.02 Å². The lowest BCUT2D eigenvalue weighted by Gasteiger charge is -2.25. The molecule has 0 spiro atoms. The summed E-state index contributed by atoms with van der Waals surface area (Å²) in [5, 5.41) is 7.61. The van der Waals surface area contributed by atoms with Crippen LogP contribution >= 0.6 is 27.5 Å². The van der Waals surface area contributed by atoms with E-state index < -0.39 is 0 Å². The van der Waals surface area contributed by atoms with Gasteiger partial charge in [-0.05, 0) is 23.8 Å². The van der Waals surface area contributed by atoms with Gasteiger partial charge in [0.25, 0.3) is 0 Å². The molecule has 0 bridgehead atoms. The molecule has 0 aliphatic carbocycles. The third-order valence-corrected chi connectivity index (χ3v) is 3.21. The average molecular weight is 276 g/mol. The fourth-order valence-corrected chi connectivity index (χ4v) is 2.28. The molecule has 1 aromatic carbocycles. The maximum Gasteiger partial charge on any atom is 0.0462 e. The molecular weight excluding hydrogens is 263 g/mol. The third kappa shape index (κ3) is 2.28. The van der Waals surface area contributed by atoms with Crippen LogP contribution in [-0.4, -0.2) is 19.6 Å². The lowest BCUT2D eigenvalue weighted by molar-refractivity contribution is 0.430. The van der Waals surface area contributed by atoms with Gasteiger partial charge in [0.1, 0.15) is 0 Å². The number of hydrogen-bond donors (Lipinski definition) is 2. The normalized spacial score (nSPS) is 22.3. The van der Waals surface area contributed by atoms with Gasteiger partial charge in [0.2, 0.25) is 0 Å². The second-order valence-corrected chi connectivity index (χ2v) is 4.70. The highest BCUT2D eigenvalue weighted by Crippen LogP contribution is 2.26. The molecular formula is C10H12BrClN2. The Morgan fingerprint density at radius 3 is 2.93 bits per heavy atom. The summed E-state index contributed by atoms with van der Waals surface area (Å²) in [4.78, 5) is 0. The van der Waals surface area contributed by atoms with Crippen LogP contribution in [0.5, 0.6) is 0 Å². The molecule has 0 unspecified atom stereocenters. The zero-order valence-electron chi connectivity index (χ0n) is 7.69. The molecule has 1 saturated heterocycles. The Kier molecular flexibility index (Phi) is 3.44. The minimum Gasteiger partial charge on any atom is -0.314 e. The van der Waals surface area contributed by atoms with Crippen molar-refractivity contribution in [3.8, 4) is 0 Å². The van der Waals surface area contributed by atoms with E-state index >= 15 is 0 Å². The van der Waals surface area contributed by atoms with Crippen molar-refractivity contribution in [2.24, 2.45) is 0 Å². The van der Waals surface area contributed by atoms with Crippen LogP contribution in [0.25, 0.3) is 0 Å². The third-order valence-electron chi connectivity index (χ3n) is 2.37. The number of hydrogen-bond acceptors (Lipinski definition) is 2. The minimum absolute atomic E-state index is 0.328. The summed E-state index contributed by atoms with van der Waals surface area (Å²) in [7, 11) is 0. The summed E-state index contributed by atoms with van der Waals surface area (Å²) < 4.78 is 1.07. The van der Waals surface area contributed by atoms with Crippen LogP contribution in [0.15, 0.2) is 22.7 Å². The Balaban J connectivity index is 2.24. The molecule has 2 N–H and O–H groups in total. The summed E-state index contributed by atoms with van der Waals surface area (Å²) in [5.74, 6) is 0. The number of nitrogens with one attached hydrogen (secondary N) is 2. The summed E-state index contributed by atoms with van der Waals surface area (Å²) in [6.07, 6.45) is 0. The standard InChI is InChI=1S/C10H12BrClN2/c11-7-1-2-9(12)8(5-7)10-6-13-3-4-14-10/h1-2,5,10,13-14H,3-4,6H2/t10-/m1/s1. The van der Waals surface area contributed by atoms with E-state index in [9.17, 15) is 0 Å². The highest BCUT2D eigenvalue weighted by molar-refractivity contribution is 9.10. The zero-order valence-corrected chi connectivity index (χ0v) is 10.0. The first-order chi connectivity index (χ1) is 6.77. The second kappa shape index (κ2) is 4.62. The van der Waals surface area contributed by atoms with E-state index in [2.05, 4.69) is 32.6 Å². The maximum atomic E-state index is 6.14. The molecule has 1 heterocycles. The van der Waals surface area contributed by atoms with Gasteiger partial charge in [-0.25, -0.2) is 0 Å². The SMILES string of the molecule is Clc1ccc(Br)cc1[C@H]1CNCCN1. The molecule has 0 radical (unpaired) electrons. The minimum atomic E-state index is 0.328. The van der Waals surface area contributed by atoms with Gasteiger partial charge in [0.15, 0.2) is 0 Å². The summed E-state index contributed by atoms with van der Waals surface area (Å²) in [6, 6.07) is 6.29. The van der Waals surface area contributed by atoms with Crippen LogP contribution in [-0.2, 0) is 0 Å². The first kappa shape index (κ1) is 10.4. The molecule has 1 atom stereocenters. The van der Waals surface area contributed by atoms with E-state index in [-0.39, 0.29) is 0 Å². The van der Waals surface area contributed by atoms with E-state index in [1.807, 2.05) is 12.1 Å². The first-order valence-corrected chi connectivity index (χ1v) is 5.83. The van der Waals surface area contributed by atoms with E-state index in [0.29, 0.717) is 6.04 Å². The Morgan fingerprint density at radius 2 is 2.21 bits per heavy atom. The lowest BCUT2D eigenvalue weighted by atomic mass is 10.1. The Hall–Kier alpha value is -0.0900. The molecule has 1 aliphatic rings. The highest BCUT2D eigenvalue weighted by Gasteiger charge is 2.16. The molecule has 4 heteroatoms. The quantitative estimate of drug-likeness (QED) is 0.822. The second-order valence-electron chi connectivity index (χ2n) is 3.38. The summed E-state index contributed by atoms with van der Waals surface area (Å²) in [6.45, 7) is 2.96. The molecule has 0 aromatic heterocycles. The molecule has 2 nitrogen and oxygen atoms in total. The van der Waals surface area contributed by atoms with Gasteiger partial charge >= 0.3 is 0 Å². The summed E-state index contributed by atoms with van der Waals surface area (Å²) in [5.41, 5.74) is 1.16. The number of rotatable bonds is 1. The molecule has 2 rings (SSSR count). The number of benzene rings is 1. The Morgan fingerprint density at radius 1 is 1.36 bits per heavy atom. The molecule has 0 saturated carbocycles. The highest BCUT2D eigenvalue weighted by atomic mass is 79.9. The van der Waals surface area contributed by atoms with Crippen molar-refractivity contribution in [1.29, 1.82) is 0 Å². The van der Waals surface area contributed by atoms with Gasteiger partial charge in [0, 0.05) is 35.2 Å². The van der Waals surface area contributed by atoms with E-state index in [1.165, 1.54) is 0 Å². The predicted molar refractivity (Wildman–Crippen MR) is 62.8 cm³/mol. The van der Waals surface area contributed by atoms with Gasteiger partial charge in [-0.1, -0.05) is 27.5 Å². The van der Waals surface area contributed by atoms with Crippen LogP contribution in [0.3, 0.4) is 0 Å². The van der Waals surface area contributed by atoms with Crippen molar-refractivity contribution in [2.75, 3.05) is 19.6 Å².